The molecule has 32 heavy (non-hydrogen) atoms. The molecule has 2 unspecified atom stereocenters. The molecule has 0 aromatic heterocycles. The monoisotopic (exact) mass is 452 g/mol. The molecule has 11 heteroatoms. The number of benzene rings is 1. The zero-order valence-electron chi connectivity index (χ0n) is 18.0. The fourth-order valence-corrected chi connectivity index (χ4v) is 3.04. The van der Waals surface area contributed by atoms with Gasteiger partial charge >= 0.3 is 23.9 Å². The van der Waals surface area contributed by atoms with Crippen LogP contribution in [0.2, 0.25) is 0 Å². The highest BCUT2D eigenvalue weighted by Gasteiger charge is 2.53. The SMILES string of the molecule is CC(=O)OCC1O[C@@H](Oc2ccc(C=O)cc2)[C@H](OC(C)=O)C(OC(C)=O)[C@H]1OC(C)=O. The molecule has 1 aliphatic rings. The number of carbonyl (C=O) groups is 5. The Bertz CT molecular complexity index is 848. The van der Waals surface area contributed by atoms with E-state index in [0.29, 0.717) is 11.8 Å². The van der Waals surface area contributed by atoms with E-state index in [1.54, 1.807) is 0 Å². The Morgan fingerprint density at radius 1 is 0.812 bits per heavy atom. The van der Waals surface area contributed by atoms with Crippen LogP contribution in [0.4, 0.5) is 0 Å². The van der Waals surface area contributed by atoms with Crippen LogP contribution in [0.1, 0.15) is 38.1 Å². The van der Waals surface area contributed by atoms with Crippen molar-refractivity contribution in [2.45, 2.75) is 58.4 Å². The maximum atomic E-state index is 11.8. The van der Waals surface area contributed by atoms with Crippen molar-refractivity contribution in [2.75, 3.05) is 6.61 Å². The lowest BCUT2D eigenvalue weighted by molar-refractivity contribution is -0.288. The van der Waals surface area contributed by atoms with Crippen molar-refractivity contribution in [3.8, 4) is 5.75 Å². The van der Waals surface area contributed by atoms with Gasteiger partial charge in [-0.25, -0.2) is 0 Å². The average molecular weight is 452 g/mol. The molecule has 1 aromatic rings. The standard InChI is InChI=1S/C21H24O11/c1-11(23)27-10-17-18(28-12(2)24)19(29-13(3)25)20(30-14(4)26)21(32-17)31-16-7-5-15(9-22)6-8-16/h5-9,17-21H,10H2,1-4H3/t17?,18-,19?,20+,21+/m0/s1. The highest BCUT2D eigenvalue weighted by atomic mass is 16.7. The summed E-state index contributed by atoms with van der Waals surface area (Å²) in [4.78, 5) is 57.4. The number of ether oxygens (including phenoxy) is 6. The average Bonchev–Trinajstić information content (AvgIpc) is 2.70. The van der Waals surface area contributed by atoms with Crippen molar-refractivity contribution in [3.63, 3.8) is 0 Å². The summed E-state index contributed by atoms with van der Waals surface area (Å²) in [5, 5.41) is 0. The first-order chi connectivity index (χ1) is 15.1. The molecule has 2 rings (SSSR count). The summed E-state index contributed by atoms with van der Waals surface area (Å²) in [6, 6.07) is 5.96. The predicted octanol–water partition coefficient (Wildman–Crippen LogP) is 0.961. The Kier molecular flexibility index (Phi) is 8.71. The van der Waals surface area contributed by atoms with Gasteiger partial charge < -0.3 is 28.4 Å². The van der Waals surface area contributed by atoms with E-state index in [0.717, 1.165) is 20.8 Å². The molecule has 1 aliphatic heterocycles. The van der Waals surface area contributed by atoms with Crippen LogP contribution in [-0.4, -0.2) is 67.5 Å². The summed E-state index contributed by atoms with van der Waals surface area (Å²) < 4.78 is 32.5. The van der Waals surface area contributed by atoms with Crippen LogP contribution in [0, 0.1) is 0 Å². The largest absolute Gasteiger partial charge is 0.463 e. The maximum absolute atomic E-state index is 11.8. The molecule has 0 spiro atoms. The van der Waals surface area contributed by atoms with Crippen molar-refractivity contribution in [2.24, 2.45) is 0 Å². The van der Waals surface area contributed by atoms with Gasteiger partial charge in [-0.05, 0) is 24.3 Å². The lowest BCUT2D eigenvalue weighted by atomic mass is 9.98. The molecule has 0 bridgehead atoms. The van der Waals surface area contributed by atoms with Gasteiger partial charge in [0, 0.05) is 33.3 Å². The van der Waals surface area contributed by atoms with Gasteiger partial charge in [-0.2, -0.15) is 0 Å². The third kappa shape index (κ3) is 7.05. The smallest absolute Gasteiger partial charge is 0.303 e. The zero-order valence-corrected chi connectivity index (χ0v) is 18.0. The van der Waals surface area contributed by atoms with Crippen LogP contribution in [0.5, 0.6) is 5.75 Å². The molecule has 1 heterocycles. The first-order valence-electron chi connectivity index (χ1n) is 9.63. The van der Waals surface area contributed by atoms with Crippen LogP contribution in [0.15, 0.2) is 24.3 Å². The van der Waals surface area contributed by atoms with Crippen LogP contribution in [-0.2, 0) is 42.9 Å². The van der Waals surface area contributed by atoms with Gasteiger partial charge in [-0.15, -0.1) is 0 Å². The Morgan fingerprint density at radius 3 is 1.84 bits per heavy atom. The Morgan fingerprint density at radius 2 is 1.34 bits per heavy atom. The molecule has 0 amide bonds. The highest BCUT2D eigenvalue weighted by molar-refractivity contribution is 5.74. The summed E-state index contributed by atoms with van der Waals surface area (Å²) >= 11 is 0. The van der Waals surface area contributed by atoms with Gasteiger partial charge in [-0.1, -0.05) is 0 Å². The second kappa shape index (κ2) is 11.2. The number of hydrogen-bond acceptors (Lipinski definition) is 11. The minimum absolute atomic E-state index is 0.247. The van der Waals surface area contributed by atoms with Gasteiger partial charge in [0.25, 0.3) is 0 Å². The Hall–Kier alpha value is -3.47. The van der Waals surface area contributed by atoms with E-state index in [4.69, 9.17) is 28.4 Å². The van der Waals surface area contributed by atoms with Gasteiger partial charge in [0.2, 0.25) is 12.4 Å². The summed E-state index contributed by atoms with van der Waals surface area (Å²) in [6.45, 7) is 4.21. The van der Waals surface area contributed by atoms with E-state index in [1.807, 2.05) is 0 Å². The summed E-state index contributed by atoms with van der Waals surface area (Å²) in [5.41, 5.74) is 0.402. The Labute approximate surface area is 183 Å². The number of esters is 4. The molecule has 1 fully saturated rings. The fourth-order valence-electron chi connectivity index (χ4n) is 3.04. The van der Waals surface area contributed by atoms with E-state index in [9.17, 15) is 24.0 Å². The summed E-state index contributed by atoms with van der Waals surface area (Å²) in [5.74, 6) is -2.58. The second-order valence-electron chi connectivity index (χ2n) is 6.87. The van der Waals surface area contributed by atoms with E-state index < -0.39 is 54.6 Å². The van der Waals surface area contributed by atoms with Crippen LogP contribution in [0.25, 0.3) is 0 Å². The lowest BCUT2D eigenvalue weighted by Gasteiger charge is -2.43. The molecule has 1 aromatic carbocycles. The zero-order chi connectivity index (χ0) is 23.8. The molecule has 0 radical (unpaired) electrons. The maximum Gasteiger partial charge on any atom is 0.303 e. The number of carbonyl (C=O) groups excluding carboxylic acids is 5. The van der Waals surface area contributed by atoms with Crippen molar-refractivity contribution in [1.82, 2.24) is 0 Å². The first kappa shape index (κ1) is 24.8. The van der Waals surface area contributed by atoms with Crippen LogP contribution in [0.3, 0.4) is 0 Å². The van der Waals surface area contributed by atoms with Gasteiger partial charge in [0.15, 0.2) is 12.2 Å². The molecule has 1 saturated heterocycles. The van der Waals surface area contributed by atoms with Gasteiger partial charge in [0.1, 0.15) is 24.7 Å². The molecule has 5 atom stereocenters. The number of aldehydes is 1. The lowest BCUT2D eigenvalue weighted by Crippen LogP contribution is -2.63. The summed E-state index contributed by atoms with van der Waals surface area (Å²) in [6.07, 6.45) is -5.72. The third-order valence-corrected chi connectivity index (χ3v) is 4.22. The van der Waals surface area contributed by atoms with E-state index in [2.05, 4.69) is 0 Å². The highest BCUT2D eigenvalue weighted by Crippen LogP contribution is 2.31. The minimum atomic E-state index is -1.34. The second-order valence-corrected chi connectivity index (χ2v) is 6.87. The molecule has 174 valence electrons. The molecule has 0 N–H and O–H groups in total. The fraction of sp³-hybridized carbons (Fsp3) is 0.476. The number of hydrogen-bond donors (Lipinski definition) is 0. The van der Waals surface area contributed by atoms with E-state index in [1.165, 1.54) is 31.2 Å². The normalized spacial score (nSPS) is 24.6. The van der Waals surface area contributed by atoms with Crippen molar-refractivity contribution in [3.05, 3.63) is 29.8 Å². The molecule has 11 nitrogen and oxygen atoms in total. The summed E-state index contributed by atoms with van der Waals surface area (Å²) in [7, 11) is 0. The topological polar surface area (TPSA) is 141 Å². The quantitative estimate of drug-likeness (QED) is 0.316. The third-order valence-electron chi connectivity index (χ3n) is 4.22. The first-order valence-corrected chi connectivity index (χ1v) is 9.63. The molecule has 0 saturated carbocycles. The minimum Gasteiger partial charge on any atom is -0.463 e. The van der Waals surface area contributed by atoms with E-state index in [-0.39, 0.29) is 12.4 Å². The van der Waals surface area contributed by atoms with Gasteiger partial charge in [0.05, 0.1) is 0 Å². The van der Waals surface area contributed by atoms with Crippen LogP contribution >= 0.6 is 0 Å². The Balaban J connectivity index is 2.43. The molecular weight excluding hydrogens is 428 g/mol. The van der Waals surface area contributed by atoms with Crippen LogP contribution < -0.4 is 4.74 Å². The number of rotatable bonds is 8. The molecular formula is C21H24O11. The van der Waals surface area contributed by atoms with Crippen molar-refractivity contribution < 1.29 is 52.4 Å². The van der Waals surface area contributed by atoms with Crippen molar-refractivity contribution >= 4 is 30.2 Å². The molecule has 0 aliphatic carbocycles. The predicted molar refractivity (Wildman–Crippen MR) is 104 cm³/mol. The van der Waals surface area contributed by atoms with Crippen molar-refractivity contribution in [1.29, 1.82) is 0 Å². The van der Waals surface area contributed by atoms with Gasteiger partial charge in [-0.3, -0.25) is 24.0 Å². The van der Waals surface area contributed by atoms with E-state index >= 15 is 0 Å².